The van der Waals surface area contributed by atoms with E-state index in [1.54, 1.807) is 7.11 Å². The molecule has 0 aliphatic carbocycles. The number of hydrogen-bond acceptors (Lipinski definition) is 2. The van der Waals surface area contributed by atoms with E-state index in [2.05, 4.69) is 13.8 Å². The molecule has 1 N–H and O–H groups in total. The van der Waals surface area contributed by atoms with Crippen LogP contribution in [0.3, 0.4) is 0 Å². The van der Waals surface area contributed by atoms with Crippen molar-refractivity contribution in [2.24, 2.45) is 5.92 Å². The zero-order valence-electron chi connectivity index (χ0n) is 6.42. The van der Waals surface area contributed by atoms with Crippen molar-refractivity contribution in [1.82, 2.24) is 0 Å². The first-order valence-electron chi connectivity index (χ1n) is 3.33. The molecule has 0 saturated heterocycles. The maximum atomic E-state index is 9.09. The van der Waals surface area contributed by atoms with E-state index in [-0.39, 0.29) is 6.10 Å². The molecular formula is C7H16O2. The zero-order valence-corrected chi connectivity index (χ0v) is 6.42. The van der Waals surface area contributed by atoms with Crippen molar-refractivity contribution in [3.05, 3.63) is 0 Å². The summed E-state index contributed by atoms with van der Waals surface area (Å²) in [4.78, 5) is 0. The van der Waals surface area contributed by atoms with Gasteiger partial charge in [0, 0.05) is 7.11 Å². The first kappa shape index (κ1) is 8.92. The van der Waals surface area contributed by atoms with E-state index in [1.807, 2.05) is 0 Å². The van der Waals surface area contributed by atoms with Gasteiger partial charge in [-0.3, -0.25) is 0 Å². The van der Waals surface area contributed by atoms with Gasteiger partial charge in [-0.15, -0.1) is 0 Å². The molecule has 0 aliphatic rings. The summed E-state index contributed by atoms with van der Waals surface area (Å²) >= 11 is 0. The molecular weight excluding hydrogens is 116 g/mol. The highest BCUT2D eigenvalue weighted by molar-refractivity contribution is 4.55. The van der Waals surface area contributed by atoms with Crippen LogP contribution in [0.25, 0.3) is 0 Å². The third-order valence-electron chi connectivity index (χ3n) is 1.10. The topological polar surface area (TPSA) is 29.5 Å². The van der Waals surface area contributed by atoms with Crippen LogP contribution >= 0.6 is 0 Å². The van der Waals surface area contributed by atoms with Gasteiger partial charge in [0.15, 0.2) is 0 Å². The van der Waals surface area contributed by atoms with Crippen molar-refractivity contribution in [3.8, 4) is 0 Å². The molecule has 0 bridgehead atoms. The lowest BCUT2D eigenvalue weighted by Gasteiger charge is -2.10. The van der Waals surface area contributed by atoms with Crippen LogP contribution in [0.5, 0.6) is 0 Å². The molecule has 9 heavy (non-hydrogen) atoms. The molecule has 0 fully saturated rings. The summed E-state index contributed by atoms with van der Waals surface area (Å²) in [6.45, 7) is 4.62. The van der Waals surface area contributed by atoms with Gasteiger partial charge < -0.3 is 9.84 Å². The Morgan fingerprint density at radius 2 is 2.00 bits per heavy atom. The first-order valence-corrected chi connectivity index (χ1v) is 3.33. The van der Waals surface area contributed by atoms with Crippen LogP contribution in [-0.4, -0.2) is 24.9 Å². The minimum atomic E-state index is -0.282. The van der Waals surface area contributed by atoms with E-state index in [9.17, 15) is 0 Å². The fraction of sp³-hybridized carbons (Fsp3) is 1.00. The smallest absolute Gasteiger partial charge is 0.0776 e. The Balaban J connectivity index is 3.15. The zero-order chi connectivity index (χ0) is 7.28. The number of methoxy groups -OCH3 is 1. The summed E-state index contributed by atoms with van der Waals surface area (Å²) in [5, 5.41) is 9.09. The van der Waals surface area contributed by atoms with Crippen LogP contribution in [0.4, 0.5) is 0 Å². The fourth-order valence-electron chi connectivity index (χ4n) is 0.805. The summed E-state index contributed by atoms with van der Waals surface area (Å²) in [5.41, 5.74) is 0. The van der Waals surface area contributed by atoms with Gasteiger partial charge in [-0.25, -0.2) is 0 Å². The van der Waals surface area contributed by atoms with Crippen LogP contribution < -0.4 is 0 Å². The molecule has 0 saturated carbocycles. The van der Waals surface area contributed by atoms with Gasteiger partial charge in [0.2, 0.25) is 0 Å². The Bertz CT molecular complexity index is 61.9. The Kier molecular flexibility index (Phi) is 4.72. The molecule has 0 spiro atoms. The van der Waals surface area contributed by atoms with E-state index in [0.29, 0.717) is 12.5 Å². The SMILES string of the molecule is COC[C@H](O)CC(C)C. The van der Waals surface area contributed by atoms with Crippen LogP contribution in [0.15, 0.2) is 0 Å². The first-order chi connectivity index (χ1) is 4.16. The molecule has 0 aromatic heterocycles. The number of ether oxygens (including phenoxy) is 1. The predicted molar refractivity (Wildman–Crippen MR) is 37.3 cm³/mol. The number of aliphatic hydroxyl groups is 1. The van der Waals surface area contributed by atoms with Crippen LogP contribution in [0.1, 0.15) is 20.3 Å². The highest BCUT2D eigenvalue weighted by atomic mass is 16.5. The Morgan fingerprint density at radius 3 is 2.33 bits per heavy atom. The molecule has 0 amide bonds. The van der Waals surface area contributed by atoms with Gasteiger partial charge in [-0.1, -0.05) is 13.8 Å². The minimum Gasteiger partial charge on any atom is -0.391 e. The van der Waals surface area contributed by atoms with Gasteiger partial charge in [0.05, 0.1) is 12.7 Å². The monoisotopic (exact) mass is 132 g/mol. The molecule has 0 aliphatic heterocycles. The lowest BCUT2D eigenvalue weighted by atomic mass is 10.1. The molecule has 1 atom stereocenters. The molecule has 2 heteroatoms. The third kappa shape index (κ3) is 5.80. The van der Waals surface area contributed by atoms with Gasteiger partial charge >= 0.3 is 0 Å². The number of rotatable bonds is 4. The minimum absolute atomic E-state index is 0.282. The second-order valence-electron chi connectivity index (χ2n) is 2.74. The molecule has 0 aromatic rings. The van der Waals surface area contributed by atoms with Crippen LogP contribution in [-0.2, 0) is 4.74 Å². The Morgan fingerprint density at radius 1 is 1.44 bits per heavy atom. The van der Waals surface area contributed by atoms with Crippen molar-refractivity contribution < 1.29 is 9.84 Å². The average molecular weight is 132 g/mol. The van der Waals surface area contributed by atoms with E-state index in [4.69, 9.17) is 9.84 Å². The summed E-state index contributed by atoms with van der Waals surface area (Å²) in [5.74, 6) is 0.551. The second kappa shape index (κ2) is 4.77. The highest BCUT2D eigenvalue weighted by Gasteiger charge is 2.04. The van der Waals surface area contributed by atoms with Crippen LogP contribution in [0.2, 0.25) is 0 Å². The average Bonchev–Trinajstić information content (AvgIpc) is 1.63. The van der Waals surface area contributed by atoms with Crippen molar-refractivity contribution >= 4 is 0 Å². The van der Waals surface area contributed by atoms with E-state index >= 15 is 0 Å². The second-order valence-corrected chi connectivity index (χ2v) is 2.74. The van der Waals surface area contributed by atoms with E-state index < -0.39 is 0 Å². The third-order valence-corrected chi connectivity index (χ3v) is 1.10. The molecule has 0 rings (SSSR count). The van der Waals surface area contributed by atoms with Gasteiger partial charge in [0.1, 0.15) is 0 Å². The summed E-state index contributed by atoms with van der Waals surface area (Å²) < 4.78 is 4.75. The van der Waals surface area contributed by atoms with E-state index in [0.717, 1.165) is 6.42 Å². The fourth-order valence-corrected chi connectivity index (χ4v) is 0.805. The maximum Gasteiger partial charge on any atom is 0.0776 e. The summed E-state index contributed by atoms with van der Waals surface area (Å²) in [7, 11) is 1.60. The number of aliphatic hydroxyl groups excluding tert-OH is 1. The predicted octanol–water partition coefficient (Wildman–Crippen LogP) is 1.04. The molecule has 0 radical (unpaired) electrons. The highest BCUT2D eigenvalue weighted by Crippen LogP contribution is 2.03. The standard InChI is InChI=1S/C7H16O2/c1-6(2)4-7(8)5-9-3/h6-8H,4-5H2,1-3H3/t7-/m1/s1. The van der Waals surface area contributed by atoms with Crippen molar-refractivity contribution in [1.29, 1.82) is 0 Å². The largest absolute Gasteiger partial charge is 0.391 e. The summed E-state index contributed by atoms with van der Waals surface area (Å²) in [6.07, 6.45) is 0.545. The molecule has 2 nitrogen and oxygen atoms in total. The van der Waals surface area contributed by atoms with Crippen molar-refractivity contribution in [3.63, 3.8) is 0 Å². The molecule has 56 valence electrons. The molecule has 0 heterocycles. The maximum absolute atomic E-state index is 9.09. The van der Waals surface area contributed by atoms with Crippen molar-refractivity contribution in [2.45, 2.75) is 26.4 Å². The van der Waals surface area contributed by atoms with Crippen LogP contribution in [0, 0.1) is 5.92 Å². The van der Waals surface area contributed by atoms with Gasteiger partial charge in [-0.05, 0) is 12.3 Å². The summed E-state index contributed by atoms with van der Waals surface area (Å²) in [6, 6.07) is 0. The number of hydrogen-bond donors (Lipinski definition) is 1. The normalized spacial score (nSPS) is 14.3. The Labute approximate surface area is 56.8 Å². The lowest BCUT2D eigenvalue weighted by molar-refractivity contribution is 0.0515. The molecule has 0 aromatic carbocycles. The van der Waals surface area contributed by atoms with Crippen molar-refractivity contribution in [2.75, 3.05) is 13.7 Å². The quantitative estimate of drug-likeness (QED) is 0.619. The lowest BCUT2D eigenvalue weighted by Crippen LogP contribution is -2.15. The van der Waals surface area contributed by atoms with E-state index in [1.165, 1.54) is 0 Å². The Hall–Kier alpha value is -0.0800. The molecule has 0 unspecified atom stereocenters. The van der Waals surface area contributed by atoms with Gasteiger partial charge in [0.25, 0.3) is 0 Å². The van der Waals surface area contributed by atoms with Gasteiger partial charge in [-0.2, -0.15) is 0 Å².